The van der Waals surface area contributed by atoms with E-state index in [1.807, 2.05) is 6.08 Å². The maximum absolute atomic E-state index is 5.00. The average molecular weight is 127 g/mol. The lowest BCUT2D eigenvalue weighted by Crippen LogP contribution is -1.94. The minimum atomic E-state index is 0.636. The Labute approximate surface area is 54.2 Å². The highest BCUT2D eigenvalue weighted by Crippen LogP contribution is 1.88. The van der Waals surface area contributed by atoms with E-state index in [9.17, 15) is 0 Å². The van der Waals surface area contributed by atoms with E-state index >= 15 is 0 Å². The second-order valence-electron chi connectivity index (χ2n) is 1.48. The van der Waals surface area contributed by atoms with Crippen molar-refractivity contribution in [2.75, 3.05) is 12.8 Å². The van der Waals surface area contributed by atoms with Gasteiger partial charge in [-0.3, -0.25) is 0 Å². The smallest absolute Gasteiger partial charge is 0.0609 e. The largest absolute Gasteiger partial charge is 0.386 e. The van der Waals surface area contributed by atoms with Crippen molar-refractivity contribution in [3.63, 3.8) is 0 Å². The predicted octanol–water partition coefficient (Wildman–Crippen LogP) is 1.10. The van der Waals surface area contributed by atoms with Gasteiger partial charge in [0.05, 0.1) is 10.2 Å². The van der Waals surface area contributed by atoms with Crippen LogP contribution in [0.3, 0.4) is 0 Å². The van der Waals surface area contributed by atoms with Crippen molar-refractivity contribution in [3.05, 3.63) is 12.7 Å². The normalized spacial score (nSPS) is 9.12. The van der Waals surface area contributed by atoms with Crippen molar-refractivity contribution in [1.82, 2.24) is 0 Å². The number of ether oxygens (including phenoxy) is 1. The molecule has 0 aliphatic rings. The van der Waals surface area contributed by atoms with Crippen LogP contribution in [0.2, 0.25) is 0 Å². The molecule has 0 saturated carbocycles. The Morgan fingerprint density at radius 2 is 2.38 bits per heavy atom. The van der Waals surface area contributed by atoms with Gasteiger partial charge in [-0.2, -0.15) is 0 Å². The fraction of sp³-hybridized carbons (Fsp3) is 0.667. The van der Waals surface area contributed by atoms with Crippen molar-refractivity contribution in [1.29, 1.82) is 0 Å². The number of unbranched alkanes of at least 4 members (excludes halogenated alkanes) is 1. The van der Waals surface area contributed by atoms with Gasteiger partial charge in [0, 0.05) is 12.8 Å². The van der Waals surface area contributed by atoms with Crippen LogP contribution in [-0.2, 0) is 4.74 Å². The molecule has 0 rings (SSSR count). The zero-order valence-electron chi connectivity index (χ0n) is 5.02. The van der Waals surface area contributed by atoms with Gasteiger partial charge in [-0.25, -0.2) is 0 Å². The van der Waals surface area contributed by atoms with E-state index in [0.717, 1.165) is 19.4 Å². The minimum Gasteiger partial charge on any atom is -0.386 e. The van der Waals surface area contributed by atoms with Crippen molar-refractivity contribution >= 4 is 10.2 Å². The molecule has 1 nitrogen and oxygen atoms in total. The molecule has 0 aromatic heterocycles. The summed E-state index contributed by atoms with van der Waals surface area (Å²) in [5.74, 6) is 0. The Morgan fingerprint density at radius 1 is 1.62 bits per heavy atom. The van der Waals surface area contributed by atoms with Gasteiger partial charge in [0.15, 0.2) is 0 Å². The lowest BCUT2D eigenvalue weighted by molar-refractivity contribution is 0.176. The summed E-state index contributed by atoms with van der Waals surface area (Å²) in [6.07, 6.45) is 4.66. The molecule has 0 heterocycles. The minimum absolute atomic E-state index is 0.636. The first-order chi connectivity index (χ1) is 3.91. The summed E-state index contributed by atoms with van der Waals surface area (Å²) in [7, 11) is 3.20. The molecule has 3 radical (unpaired) electrons. The van der Waals surface area contributed by atoms with Gasteiger partial charge in [0.2, 0.25) is 0 Å². The lowest BCUT2D eigenvalue weighted by atomic mass is 10.3. The molecule has 0 amide bonds. The molecule has 0 saturated heterocycles. The zero-order chi connectivity index (χ0) is 6.24. The first-order valence-corrected chi connectivity index (χ1v) is 3.45. The van der Waals surface area contributed by atoms with Crippen LogP contribution in [0.15, 0.2) is 12.7 Å². The van der Waals surface area contributed by atoms with E-state index in [0.29, 0.717) is 6.23 Å². The van der Waals surface area contributed by atoms with Gasteiger partial charge in [0.1, 0.15) is 0 Å². The van der Waals surface area contributed by atoms with Gasteiger partial charge in [0.25, 0.3) is 0 Å². The van der Waals surface area contributed by atoms with Crippen molar-refractivity contribution in [2.24, 2.45) is 0 Å². The highest BCUT2D eigenvalue weighted by atomic mass is 28.1. The van der Waals surface area contributed by atoms with Crippen LogP contribution in [0.25, 0.3) is 0 Å². The summed E-state index contributed by atoms with van der Waals surface area (Å²) < 4.78 is 5.00. The first-order valence-electron chi connectivity index (χ1n) is 2.75. The van der Waals surface area contributed by atoms with Gasteiger partial charge in [-0.05, 0) is 12.8 Å². The molecule has 0 aromatic rings. The second kappa shape index (κ2) is 6.92. The van der Waals surface area contributed by atoms with Gasteiger partial charge >= 0.3 is 0 Å². The monoisotopic (exact) mass is 127 g/mol. The molecule has 8 heavy (non-hydrogen) atoms. The molecule has 0 aromatic carbocycles. The number of hydrogen-bond acceptors (Lipinski definition) is 1. The maximum atomic E-state index is 5.00. The number of hydrogen-bond donors (Lipinski definition) is 0. The van der Waals surface area contributed by atoms with E-state index < -0.39 is 0 Å². The highest BCUT2D eigenvalue weighted by Gasteiger charge is 1.80. The molecule has 0 bridgehead atoms. The molecule has 0 unspecified atom stereocenters. The Balaban J connectivity index is 2.62. The fourth-order valence-electron chi connectivity index (χ4n) is 0.402. The summed E-state index contributed by atoms with van der Waals surface area (Å²) in [5, 5.41) is 0. The second-order valence-corrected chi connectivity index (χ2v) is 1.77. The van der Waals surface area contributed by atoms with E-state index in [1.165, 1.54) is 0 Å². The van der Waals surface area contributed by atoms with Crippen LogP contribution in [0.5, 0.6) is 0 Å². The Hall–Kier alpha value is -0.0831. The molecule has 0 fully saturated rings. The SMILES string of the molecule is C=CCCCOC[Si]. The molecule has 0 N–H and O–H groups in total. The van der Waals surface area contributed by atoms with Crippen LogP contribution in [-0.4, -0.2) is 23.1 Å². The summed E-state index contributed by atoms with van der Waals surface area (Å²) in [6.45, 7) is 4.42. The molecule has 0 aliphatic heterocycles. The van der Waals surface area contributed by atoms with E-state index in [2.05, 4.69) is 16.8 Å². The molecule has 45 valence electrons. The lowest BCUT2D eigenvalue weighted by Gasteiger charge is -1.95. The molecule has 2 heteroatoms. The topological polar surface area (TPSA) is 9.23 Å². The van der Waals surface area contributed by atoms with Crippen LogP contribution in [0.4, 0.5) is 0 Å². The van der Waals surface area contributed by atoms with E-state index in [-0.39, 0.29) is 0 Å². The molecular formula is C6H11OSi. The zero-order valence-corrected chi connectivity index (χ0v) is 6.02. The van der Waals surface area contributed by atoms with Crippen LogP contribution in [0, 0.1) is 0 Å². The third-order valence-electron chi connectivity index (χ3n) is 0.799. The molecule has 0 atom stereocenters. The van der Waals surface area contributed by atoms with Crippen LogP contribution >= 0.6 is 0 Å². The standard InChI is InChI=1S/C6H11OSi/c1-2-3-4-5-7-6-8/h2H,1,3-6H2. The first kappa shape index (κ1) is 7.92. The number of allylic oxidation sites excluding steroid dienone is 1. The third-order valence-corrected chi connectivity index (χ3v) is 1.00. The third kappa shape index (κ3) is 5.92. The van der Waals surface area contributed by atoms with E-state index in [4.69, 9.17) is 4.74 Å². The number of rotatable bonds is 5. The average Bonchev–Trinajstić information content (AvgIpc) is 1.81. The fourth-order valence-corrected chi connectivity index (χ4v) is 0.546. The van der Waals surface area contributed by atoms with Crippen molar-refractivity contribution in [3.8, 4) is 0 Å². The summed E-state index contributed by atoms with van der Waals surface area (Å²) in [4.78, 5) is 0. The van der Waals surface area contributed by atoms with Gasteiger partial charge in [-0.1, -0.05) is 6.08 Å². The van der Waals surface area contributed by atoms with Gasteiger partial charge < -0.3 is 4.74 Å². The Kier molecular flexibility index (Phi) is 6.85. The summed E-state index contributed by atoms with van der Waals surface area (Å²) in [6, 6.07) is 0. The Bertz CT molecular complexity index is 54.5. The van der Waals surface area contributed by atoms with Crippen molar-refractivity contribution in [2.45, 2.75) is 12.8 Å². The molecule has 0 spiro atoms. The summed E-state index contributed by atoms with van der Waals surface area (Å²) in [5.41, 5.74) is 0. The van der Waals surface area contributed by atoms with Crippen LogP contribution < -0.4 is 0 Å². The van der Waals surface area contributed by atoms with Crippen molar-refractivity contribution < 1.29 is 4.74 Å². The van der Waals surface area contributed by atoms with Gasteiger partial charge in [-0.15, -0.1) is 6.58 Å². The quantitative estimate of drug-likeness (QED) is 0.305. The molecule has 0 aliphatic carbocycles. The molecular weight excluding hydrogens is 116 g/mol. The van der Waals surface area contributed by atoms with Crippen LogP contribution in [0.1, 0.15) is 12.8 Å². The summed E-state index contributed by atoms with van der Waals surface area (Å²) >= 11 is 0. The van der Waals surface area contributed by atoms with E-state index in [1.54, 1.807) is 0 Å². The predicted molar refractivity (Wildman–Crippen MR) is 36.0 cm³/mol. The maximum Gasteiger partial charge on any atom is 0.0609 e. The Morgan fingerprint density at radius 3 is 2.88 bits per heavy atom. The highest BCUT2D eigenvalue weighted by molar-refractivity contribution is 6.08.